The lowest BCUT2D eigenvalue weighted by Crippen LogP contribution is -2.35. The Morgan fingerprint density at radius 2 is 1.74 bits per heavy atom. The van der Waals surface area contributed by atoms with Crippen LogP contribution in [0.3, 0.4) is 0 Å². The number of likely N-dealkylation sites (N-methyl/N-ethyl adjacent to an activating group) is 1. The number of rotatable bonds is 14. The number of amides is 1. The van der Waals surface area contributed by atoms with Gasteiger partial charge in [0.05, 0.1) is 31.9 Å². The van der Waals surface area contributed by atoms with E-state index in [1.807, 2.05) is 25.1 Å². The Labute approximate surface area is 232 Å². The molecule has 1 fully saturated rings. The number of Topliss-reactive ketones (excluding diaryl/α,β-unsaturated/α-hetero) is 1. The van der Waals surface area contributed by atoms with E-state index in [1.165, 1.54) is 4.90 Å². The topological polar surface area (TPSA) is 88.5 Å². The molecule has 0 radical (unpaired) electrons. The number of likely N-dealkylation sites (tertiary alicyclic amines) is 1. The maximum absolute atomic E-state index is 13.3. The van der Waals surface area contributed by atoms with Crippen molar-refractivity contribution in [3.63, 3.8) is 0 Å². The quantitative estimate of drug-likeness (QED) is 0.151. The smallest absolute Gasteiger partial charge is 0.295 e. The number of ether oxygens (including phenoxy) is 3. The number of carbonyl (C=O) groups is 2. The fourth-order valence-electron chi connectivity index (χ4n) is 4.40. The number of ketones is 1. The van der Waals surface area contributed by atoms with Gasteiger partial charge in [-0.25, -0.2) is 0 Å². The first-order chi connectivity index (χ1) is 18.7. The molecule has 8 nitrogen and oxygen atoms in total. The minimum absolute atomic E-state index is 0.0493. The highest BCUT2D eigenvalue weighted by molar-refractivity contribution is 6.46. The van der Waals surface area contributed by atoms with Crippen LogP contribution in [0.1, 0.15) is 57.2 Å². The molecule has 212 valence electrons. The van der Waals surface area contributed by atoms with E-state index in [4.69, 9.17) is 14.2 Å². The van der Waals surface area contributed by atoms with Crippen LogP contribution in [0, 0.1) is 5.92 Å². The Morgan fingerprint density at radius 3 is 2.36 bits per heavy atom. The van der Waals surface area contributed by atoms with Crippen molar-refractivity contribution in [2.24, 2.45) is 5.92 Å². The fourth-order valence-corrected chi connectivity index (χ4v) is 4.40. The van der Waals surface area contributed by atoms with Crippen LogP contribution >= 0.6 is 0 Å². The molecule has 2 aromatic rings. The van der Waals surface area contributed by atoms with Crippen LogP contribution in [-0.2, 0) is 9.59 Å². The molecule has 1 amide bonds. The van der Waals surface area contributed by atoms with Crippen molar-refractivity contribution in [2.45, 2.75) is 46.1 Å². The zero-order valence-electron chi connectivity index (χ0n) is 24.0. The van der Waals surface area contributed by atoms with Gasteiger partial charge < -0.3 is 29.1 Å². The summed E-state index contributed by atoms with van der Waals surface area (Å²) in [7, 11) is 5.37. The van der Waals surface area contributed by atoms with Gasteiger partial charge in [-0.3, -0.25) is 9.59 Å². The lowest BCUT2D eigenvalue weighted by Gasteiger charge is -2.27. The molecule has 3 rings (SSSR count). The van der Waals surface area contributed by atoms with Crippen LogP contribution in [-0.4, -0.2) is 74.1 Å². The number of hydrogen-bond acceptors (Lipinski definition) is 7. The second-order valence-corrected chi connectivity index (χ2v) is 10.5. The van der Waals surface area contributed by atoms with Gasteiger partial charge in [0.15, 0.2) is 11.5 Å². The van der Waals surface area contributed by atoms with Gasteiger partial charge in [-0.15, -0.1) is 0 Å². The fraction of sp³-hybridized carbons (Fsp3) is 0.484. The number of unbranched alkanes of at least 4 members (excludes halogenated alkanes) is 2. The molecule has 0 bridgehead atoms. The van der Waals surface area contributed by atoms with Gasteiger partial charge in [-0.05, 0) is 68.4 Å². The van der Waals surface area contributed by atoms with E-state index in [-0.39, 0.29) is 11.3 Å². The van der Waals surface area contributed by atoms with Crippen molar-refractivity contribution in [1.29, 1.82) is 0 Å². The molecule has 1 aliphatic heterocycles. The monoisotopic (exact) mass is 538 g/mol. The maximum atomic E-state index is 13.3. The van der Waals surface area contributed by atoms with Gasteiger partial charge in [-0.1, -0.05) is 39.7 Å². The molecular weight excluding hydrogens is 496 g/mol. The molecule has 0 aliphatic carbocycles. The summed E-state index contributed by atoms with van der Waals surface area (Å²) in [6, 6.07) is 11.5. The average Bonchev–Trinajstić information content (AvgIpc) is 3.17. The number of aliphatic hydroxyl groups is 1. The van der Waals surface area contributed by atoms with Crippen molar-refractivity contribution < 1.29 is 28.9 Å². The predicted octanol–water partition coefficient (Wildman–Crippen LogP) is 5.28. The summed E-state index contributed by atoms with van der Waals surface area (Å²) in [5, 5.41) is 11.4. The molecule has 1 saturated heterocycles. The summed E-state index contributed by atoms with van der Waals surface area (Å²) in [4.78, 5) is 30.0. The van der Waals surface area contributed by atoms with Crippen molar-refractivity contribution in [1.82, 2.24) is 9.80 Å². The minimum atomic E-state index is -0.773. The Morgan fingerprint density at radius 1 is 1.03 bits per heavy atom. The molecule has 1 aliphatic rings. The van der Waals surface area contributed by atoms with E-state index in [2.05, 4.69) is 20.8 Å². The molecule has 1 heterocycles. The van der Waals surface area contributed by atoms with Crippen LogP contribution in [0.15, 0.2) is 48.0 Å². The first-order valence-electron chi connectivity index (χ1n) is 13.6. The maximum Gasteiger partial charge on any atom is 0.295 e. The summed E-state index contributed by atoms with van der Waals surface area (Å²) >= 11 is 0. The van der Waals surface area contributed by atoms with Crippen molar-refractivity contribution >= 4 is 17.4 Å². The molecule has 1 atom stereocenters. The standard InChI is InChI=1S/C31H42N2O6/c1-7-8-9-18-38-25-15-12-23(19-26(25)37-6)28-27(30(35)31(36)33(28)17-16-32(4)5)29(34)22-10-13-24(14-11-22)39-20-21(2)3/h10-15,19,21,28,34H,7-9,16-18,20H2,1-6H3/b29-27+. The third-order valence-corrected chi connectivity index (χ3v) is 6.55. The van der Waals surface area contributed by atoms with Crippen molar-refractivity contribution in [2.75, 3.05) is 47.5 Å². The molecule has 1 N–H and O–H groups in total. The van der Waals surface area contributed by atoms with Crippen LogP contribution in [0.2, 0.25) is 0 Å². The number of aliphatic hydroxyl groups excluding tert-OH is 1. The first kappa shape index (κ1) is 30.0. The minimum Gasteiger partial charge on any atom is -0.507 e. The SMILES string of the molecule is CCCCCOc1ccc(C2/C(=C(\O)c3ccc(OCC(C)C)cc3)C(=O)C(=O)N2CCN(C)C)cc1OC. The summed E-state index contributed by atoms with van der Waals surface area (Å²) in [6.07, 6.45) is 3.11. The van der Waals surface area contributed by atoms with E-state index in [9.17, 15) is 14.7 Å². The Kier molecular flexibility index (Phi) is 10.8. The second kappa shape index (κ2) is 14.0. The van der Waals surface area contributed by atoms with Gasteiger partial charge in [0.2, 0.25) is 0 Å². The molecule has 0 saturated carbocycles. The van der Waals surface area contributed by atoms with Crippen LogP contribution in [0.4, 0.5) is 0 Å². The molecule has 8 heteroatoms. The first-order valence-corrected chi connectivity index (χ1v) is 13.6. The summed E-state index contributed by atoms with van der Waals surface area (Å²) in [5.74, 6) is 0.576. The van der Waals surface area contributed by atoms with Crippen molar-refractivity contribution in [3.8, 4) is 17.2 Å². The van der Waals surface area contributed by atoms with Crippen LogP contribution in [0.5, 0.6) is 17.2 Å². The Bertz CT molecular complexity index is 1160. The normalized spacial score (nSPS) is 16.8. The van der Waals surface area contributed by atoms with Gasteiger partial charge in [0.25, 0.3) is 11.7 Å². The van der Waals surface area contributed by atoms with Gasteiger partial charge >= 0.3 is 0 Å². The Balaban J connectivity index is 2.02. The third kappa shape index (κ3) is 7.53. The highest BCUT2D eigenvalue weighted by atomic mass is 16.5. The molecule has 0 aromatic heterocycles. The molecule has 1 unspecified atom stereocenters. The molecular formula is C31H42N2O6. The summed E-state index contributed by atoms with van der Waals surface area (Å²) in [6.45, 7) is 8.28. The number of benzene rings is 2. The van der Waals surface area contributed by atoms with Crippen LogP contribution < -0.4 is 14.2 Å². The molecule has 39 heavy (non-hydrogen) atoms. The lowest BCUT2D eigenvalue weighted by molar-refractivity contribution is -0.140. The third-order valence-electron chi connectivity index (χ3n) is 6.55. The van der Waals surface area contributed by atoms with E-state index in [0.29, 0.717) is 60.6 Å². The summed E-state index contributed by atoms with van der Waals surface area (Å²) < 4.78 is 17.3. The highest BCUT2D eigenvalue weighted by Gasteiger charge is 2.46. The summed E-state index contributed by atoms with van der Waals surface area (Å²) in [5.41, 5.74) is 1.14. The zero-order valence-corrected chi connectivity index (χ0v) is 24.0. The number of hydrogen-bond donors (Lipinski definition) is 1. The lowest BCUT2D eigenvalue weighted by atomic mass is 9.95. The number of carbonyl (C=O) groups excluding carboxylic acids is 2. The molecule has 0 spiro atoms. The van der Waals surface area contributed by atoms with E-state index in [1.54, 1.807) is 43.5 Å². The van der Waals surface area contributed by atoms with Gasteiger partial charge in [0.1, 0.15) is 11.5 Å². The molecule has 2 aromatic carbocycles. The van der Waals surface area contributed by atoms with E-state index in [0.717, 1.165) is 19.3 Å². The average molecular weight is 539 g/mol. The highest BCUT2D eigenvalue weighted by Crippen LogP contribution is 2.42. The van der Waals surface area contributed by atoms with Crippen molar-refractivity contribution in [3.05, 3.63) is 59.2 Å². The number of methoxy groups -OCH3 is 1. The Hall–Kier alpha value is -3.52. The largest absolute Gasteiger partial charge is 0.507 e. The van der Waals surface area contributed by atoms with Gasteiger partial charge in [-0.2, -0.15) is 0 Å². The number of nitrogens with zero attached hydrogens (tertiary/aromatic N) is 2. The van der Waals surface area contributed by atoms with Gasteiger partial charge in [0, 0.05) is 18.7 Å². The zero-order chi connectivity index (χ0) is 28.5. The predicted molar refractivity (Wildman–Crippen MR) is 152 cm³/mol. The van der Waals surface area contributed by atoms with Crippen LogP contribution in [0.25, 0.3) is 5.76 Å². The van der Waals surface area contributed by atoms with E-state index < -0.39 is 17.7 Å². The van der Waals surface area contributed by atoms with E-state index >= 15 is 0 Å². The second-order valence-electron chi connectivity index (χ2n) is 10.5.